The van der Waals surface area contributed by atoms with Gasteiger partial charge in [-0.2, -0.15) is 5.10 Å². The number of carbonyl (C=O) groups excluding carboxylic acids is 1. The summed E-state index contributed by atoms with van der Waals surface area (Å²) in [7, 11) is 1.93. The number of benzene rings is 1. The Bertz CT molecular complexity index is 987. The Morgan fingerprint density at radius 3 is 2.75 bits per heavy atom. The highest BCUT2D eigenvalue weighted by Crippen LogP contribution is 2.43. The topological polar surface area (TPSA) is 64.2 Å². The molecule has 1 saturated carbocycles. The first-order valence-electron chi connectivity index (χ1n) is 10.0. The zero-order valence-electron chi connectivity index (χ0n) is 16.0. The molecule has 6 nitrogen and oxygen atoms in total. The molecular formula is C22H24N4O2. The molecule has 3 aromatic rings. The summed E-state index contributed by atoms with van der Waals surface area (Å²) in [4.78, 5) is 19.8. The lowest BCUT2D eigenvalue weighted by Gasteiger charge is -2.15. The fourth-order valence-corrected chi connectivity index (χ4v) is 4.06. The van der Waals surface area contributed by atoms with Gasteiger partial charge in [0, 0.05) is 37.8 Å². The molecule has 0 radical (unpaired) electrons. The van der Waals surface area contributed by atoms with E-state index in [1.54, 1.807) is 0 Å². The molecule has 1 aliphatic heterocycles. The lowest BCUT2D eigenvalue weighted by Crippen LogP contribution is -2.30. The van der Waals surface area contributed by atoms with Crippen LogP contribution in [0.15, 0.2) is 47.1 Å². The van der Waals surface area contributed by atoms with Gasteiger partial charge in [0.05, 0.1) is 6.20 Å². The van der Waals surface area contributed by atoms with Crippen molar-refractivity contribution in [3.63, 3.8) is 0 Å². The minimum atomic E-state index is 0.0153. The average molecular weight is 376 g/mol. The van der Waals surface area contributed by atoms with Crippen molar-refractivity contribution < 1.29 is 9.21 Å². The third kappa shape index (κ3) is 3.35. The summed E-state index contributed by atoms with van der Waals surface area (Å²) >= 11 is 0. The maximum Gasteiger partial charge on any atom is 0.276 e. The van der Waals surface area contributed by atoms with Crippen molar-refractivity contribution in [3.05, 3.63) is 59.7 Å². The molecule has 3 heterocycles. The number of hydrogen-bond donors (Lipinski definition) is 0. The highest BCUT2D eigenvalue weighted by Gasteiger charge is 2.37. The highest BCUT2D eigenvalue weighted by atomic mass is 16.4. The van der Waals surface area contributed by atoms with Crippen LogP contribution in [-0.4, -0.2) is 38.7 Å². The number of aromatic nitrogens is 3. The van der Waals surface area contributed by atoms with Crippen molar-refractivity contribution in [1.29, 1.82) is 0 Å². The van der Waals surface area contributed by atoms with E-state index in [1.807, 2.05) is 53.2 Å². The number of oxazole rings is 1. The second-order valence-electron chi connectivity index (χ2n) is 8.00. The van der Waals surface area contributed by atoms with E-state index < -0.39 is 0 Å². The lowest BCUT2D eigenvalue weighted by atomic mass is 10.0. The van der Waals surface area contributed by atoms with Gasteiger partial charge in [0.1, 0.15) is 5.76 Å². The normalized spacial score (nSPS) is 19.3. The van der Waals surface area contributed by atoms with Crippen molar-refractivity contribution in [1.82, 2.24) is 19.7 Å². The number of aryl methyl sites for hydroxylation is 1. The van der Waals surface area contributed by atoms with Crippen molar-refractivity contribution in [2.45, 2.75) is 31.6 Å². The Hall–Kier alpha value is -2.89. The Balaban J connectivity index is 1.34. The van der Waals surface area contributed by atoms with Gasteiger partial charge in [-0.15, -0.1) is 0 Å². The van der Waals surface area contributed by atoms with E-state index >= 15 is 0 Å². The van der Waals surface area contributed by atoms with Crippen molar-refractivity contribution in [2.24, 2.45) is 13.0 Å². The number of nitrogens with zero attached hydrogens (tertiary/aromatic N) is 4. The summed E-state index contributed by atoms with van der Waals surface area (Å²) in [5, 5.41) is 4.24. The SMILES string of the molecule is Cn1cc(CC2CCN(C(=O)c3nc(-c4ccccc4)oc3C3CC3)C2)cn1. The Morgan fingerprint density at radius 2 is 2.04 bits per heavy atom. The van der Waals surface area contributed by atoms with E-state index in [0.29, 0.717) is 23.4 Å². The fourth-order valence-electron chi connectivity index (χ4n) is 4.06. The van der Waals surface area contributed by atoms with Crippen LogP contribution < -0.4 is 0 Å². The zero-order chi connectivity index (χ0) is 19.1. The number of carbonyl (C=O) groups is 1. The number of rotatable bonds is 5. The van der Waals surface area contributed by atoms with Crippen molar-refractivity contribution in [3.8, 4) is 11.5 Å². The van der Waals surface area contributed by atoms with Crippen LogP contribution in [0.4, 0.5) is 0 Å². The van der Waals surface area contributed by atoms with Crippen molar-refractivity contribution in [2.75, 3.05) is 13.1 Å². The fraction of sp³-hybridized carbons (Fsp3) is 0.409. The quantitative estimate of drug-likeness (QED) is 0.682. The van der Waals surface area contributed by atoms with Gasteiger partial charge in [0.15, 0.2) is 5.69 Å². The molecule has 5 rings (SSSR count). The van der Waals surface area contributed by atoms with Crippen LogP contribution in [0, 0.1) is 5.92 Å². The van der Waals surface area contributed by atoms with Crippen LogP contribution >= 0.6 is 0 Å². The largest absolute Gasteiger partial charge is 0.440 e. The van der Waals surface area contributed by atoms with Gasteiger partial charge in [-0.3, -0.25) is 9.48 Å². The van der Waals surface area contributed by atoms with Gasteiger partial charge < -0.3 is 9.32 Å². The van der Waals surface area contributed by atoms with Crippen LogP contribution in [0.1, 0.15) is 47.0 Å². The molecule has 2 fully saturated rings. The van der Waals surface area contributed by atoms with E-state index in [1.165, 1.54) is 5.56 Å². The maximum atomic E-state index is 13.2. The maximum absolute atomic E-state index is 13.2. The van der Waals surface area contributed by atoms with E-state index in [-0.39, 0.29) is 5.91 Å². The van der Waals surface area contributed by atoms with Crippen LogP contribution in [0.3, 0.4) is 0 Å². The molecule has 28 heavy (non-hydrogen) atoms. The minimum absolute atomic E-state index is 0.0153. The predicted octanol–water partition coefficient (Wildman–Crippen LogP) is 3.66. The molecule has 0 bridgehead atoms. The monoisotopic (exact) mass is 376 g/mol. The average Bonchev–Trinajstić information content (AvgIpc) is 3.11. The third-order valence-corrected chi connectivity index (χ3v) is 5.68. The molecule has 2 aromatic heterocycles. The van der Waals surface area contributed by atoms with Crippen LogP contribution in [0.5, 0.6) is 0 Å². The smallest absolute Gasteiger partial charge is 0.276 e. The summed E-state index contributed by atoms with van der Waals surface area (Å²) in [6.45, 7) is 1.55. The van der Waals surface area contributed by atoms with Gasteiger partial charge in [0.2, 0.25) is 5.89 Å². The molecule has 6 heteroatoms. The Kier molecular flexibility index (Phi) is 4.26. The number of hydrogen-bond acceptors (Lipinski definition) is 4. The van der Waals surface area contributed by atoms with Crippen molar-refractivity contribution >= 4 is 5.91 Å². The molecule has 1 amide bonds. The molecular weight excluding hydrogens is 352 g/mol. The molecule has 144 valence electrons. The molecule has 2 aliphatic rings. The second-order valence-corrected chi connectivity index (χ2v) is 8.00. The van der Waals surface area contributed by atoms with E-state index in [2.05, 4.69) is 16.3 Å². The summed E-state index contributed by atoms with van der Waals surface area (Å²) in [6, 6.07) is 9.82. The van der Waals surface area contributed by atoms with Gasteiger partial charge in [-0.25, -0.2) is 4.98 Å². The minimum Gasteiger partial charge on any atom is -0.440 e. The summed E-state index contributed by atoms with van der Waals surface area (Å²) in [5.41, 5.74) is 2.66. The molecule has 1 unspecified atom stereocenters. The first-order chi connectivity index (χ1) is 13.7. The first-order valence-corrected chi connectivity index (χ1v) is 10.0. The summed E-state index contributed by atoms with van der Waals surface area (Å²) in [5.74, 6) is 2.16. The van der Waals surface area contributed by atoms with Gasteiger partial charge >= 0.3 is 0 Å². The molecule has 0 spiro atoms. The standard InChI is InChI=1S/C22H24N4O2/c1-25-13-16(12-23-25)11-15-9-10-26(14-15)22(27)19-20(17-7-8-17)28-21(24-19)18-5-3-2-4-6-18/h2-6,12-13,15,17H,7-11,14H2,1H3. The Labute approximate surface area is 164 Å². The van der Waals surface area contributed by atoms with Gasteiger partial charge in [0.25, 0.3) is 5.91 Å². The number of likely N-dealkylation sites (tertiary alicyclic amines) is 1. The van der Waals surface area contributed by atoms with Crippen LogP contribution in [0.2, 0.25) is 0 Å². The Morgan fingerprint density at radius 1 is 1.21 bits per heavy atom. The number of amides is 1. The van der Waals surface area contributed by atoms with E-state index in [4.69, 9.17) is 4.42 Å². The molecule has 1 saturated heterocycles. The van der Waals surface area contributed by atoms with E-state index in [9.17, 15) is 4.79 Å². The third-order valence-electron chi connectivity index (χ3n) is 5.68. The van der Waals surface area contributed by atoms with E-state index in [0.717, 1.165) is 50.1 Å². The zero-order valence-corrected chi connectivity index (χ0v) is 16.0. The summed E-state index contributed by atoms with van der Waals surface area (Å²) < 4.78 is 7.89. The van der Waals surface area contributed by atoms with Crippen LogP contribution in [-0.2, 0) is 13.5 Å². The van der Waals surface area contributed by atoms with Crippen LogP contribution in [0.25, 0.3) is 11.5 Å². The predicted molar refractivity (Wildman–Crippen MR) is 105 cm³/mol. The lowest BCUT2D eigenvalue weighted by molar-refractivity contribution is 0.0779. The van der Waals surface area contributed by atoms with Gasteiger partial charge in [-0.1, -0.05) is 18.2 Å². The highest BCUT2D eigenvalue weighted by molar-refractivity contribution is 5.94. The second kappa shape index (κ2) is 6.93. The summed E-state index contributed by atoms with van der Waals surface area (Å²) in [6.07, 6.45) is 8.10. The molecule has 1 aromatic carbocycles. The first kappa shape index (κ1) is 17.2. The van der Waals surface area contributed by atoms with Gasteiger partial charge in [-0.05, 0) is 49.3 Å². The molecule has 0 N–H and O–H groups in total. The molecule has 1 aliphatic carbocycles. The molecule has 1 atom stereocenters.